The number of aromatic carboxylic acids is 1. The zero-order chi connectivity index (χ0) is 15.6. The van der Waals surface area contributed by atoms with Crippen LogP contribution in [-0.2, 0) is 0 Å². The van der Waals surface area contributed by atoms with Gasteiger partial charge in [0.15, 0.2) is 0 Å². The minimum Gasteiger partial charge on any atom is -0.478 e. The third-order valence-corrected chi connectivity index (χ3v) is 4.45. The molecular weight excluding hydrogens is 268 g/mol. The van der Waals surface area contributed by atoms with Crippen LogP contribution in [0, 0.1) is 18.3 Å². The molecule has 2 amide bonds. The first-order valence-corrected chi connectivity index (χ1v) is 7.23. The van der Waals surface area contributed by atoms with Crippen LogP contribution in [0.2, 0.25) is 0 Å². The number of nitrogens with one attached hydrogen (secondary N) is 2. The van der Waals surface area contributed by atoms with Crippen LogP contribution in [0.3, 0.4) is 0 Å². The maximum absolute atomic E-state index is 12.0. The fourth-order valence-corrected chi connectivity index (χ4v) is 2.43. The lowest BCUT2D eigenvalue weighted by Crippen LogP contribution is -2.35. The number of benzene rings is 1. The topological polar surface area (TPSA) is 78.4 Å². The summed E-state index contributed by atoms with van der Waals surface area (Å²) in [5.74, 6) is -0.454. The summed E-state index contributed by atoms with van der Waals surface area (Å²) in [5, 5.41) is 14.6. The Hall–Kier alpha value is -2.04. The Kier molecular flexibility index (Phi) is 4.21. The van der Waals surface area contributed by atoms with Crippen molar-refractivity contribution in [1.82, 2.24) is 5.32 Å². The van der Waals surface area contributed by atoms with Gasteiger partial charge >= 0.3 is 12.0 Å². The van der Waals surface area contributed by atoms with Gasteiger partial charge in [0.2, 0.25) is 0 Å². The number of hydrogen-bond acceptors (Lipinski definition) is 2. The third-order valence-electron chi connectivity index (χ3n) is 4.45. The van der Waals surface area contributed by atoms with E-state index in [2.05, 4.69) is 24.5 Å². The molecule has 0 aliphatic heterocycles. The predicted molar refractivity (Wildman–Crippen MR) is 81.7 cm³/mol. The summed E-state index contributed by atoms with van der Waals surface area (Å²) < 4.78 is 0. The molecule has 0 saturated heterocycles. The highest BCUT2D eigenvalue weighted by molar-refractivity contribution is 5.94. The van der Waals surface area contributed by atoms with Crippen molar-refractivity contribution in [3.63, 3.8) is 0 Å². The average molecular weight is 290 g/mol. The van der Waals surface area contributed by atoms with E-state index in [4.69, 9.17) is 5.11 Å². The highest BCUT2D eigenvalue weighted by Gasteiger charge is 2.45. The molecule has 0 spiro atoms. The molecule has 0 aromatic heterocycles. The largest absolute Gasteiger partial charge is 0.478 e. The van der Waals surface area contributed by atoms with Crippen LogP contribution in [0.25, 0.3) is 0 Å². The lowest BCUT2D eigenvalue weighted by molar-refractivity contribution is 0.0697. The van der Waals surface area contributed by atoms with Gasteiger partial charge in [0.05, 0.1) is 5.56 Å². The molecule has 0 atom stereocenters. The molecule has 1 aliphatic carbocycles. The van der Waals surface area contributed by atoms with Crippen molar-refractivity contribution < 1.29 is 14.7 Å². The monoisotopic (exact) mass is 290 g/mol. The molecule has 114 valence electrons. The van der Waals surface area contributed by atoms with Crippen LogP contribution < -0.4 is 10.6 Å². The molecule has 0 bridgehead atoms. The standard InChI is InChI=1S/C16H22N2O3/c1-10(2)16(6-7-16)9-17-15(21)18-13-8-12(14(19)20)5-4-11(13)3/h4-5,8,10H,6-7,9H2,1-3H3,(H,19,20)(H2,17,18,21). The first kappa shape index (κ1) is 15.4. The summed E-state index contributed by atoms with van der Waals surface area (Å²) in [7, 11) is 0. The zero-order valence-corrected chi connectivity index (χ0v) is 12.7. The van der Waals surface area contributed by atoms with Gasteiger partial charge < -0.3 is 15.7 Å². The molecule has 1 aliphatic rings. The molecule has 0 radical (unpaired) electrons. The van der Waals surface area contributed by atoms with Gasteiger partial charge in [-0.15, -0.1) is 0 Å². The van der Waals surface area contributed by atoms with E-state index in [-0.39, 0.29) is 17.0 Å². The van der Waals surface area contributed by atoms with E-state index in [0.29, 0.717) is 18.2 Å². The van der Waals surface area contributed by atoms with Gasteiger partial charge in [-0.1, -0.05) is 19.9 Å². The maximum atomic E-state index is 12.0. The summed E-state index contributed by atoms with van der Waals surface area (Å²) in [4.78, 5) is 22.9. The van der Waals surface area contributed by atoms with Gasteiger partial charge in [-0.3, -0.25) is 0 Å². The highest BCUT2D eigenvalue weighted by Crippen LogP contribution is 2.51. The Morgan fingerprint density at radius 1 is 1.33 bits per heavy atom. The number of carboxylic acids is 1. The van der Waals surface area contributed by atoms with E-state index in [1.807, 2.05) is 6.92 Å². The number of rotatable bonds is 5. The molecule has 2 rings (SSSR count). The smallest absolute Gasteiger partial charge is 0.335 e. The van der Waals surface area contributed by atoms with Gasteiger partial charge in [-0.05, 0) is 48.8 Å². The number of carbonyl (C=O) groups excluding carboxylic acids is 1. The van der Waals surface area contributed by atoms with Crippen LogP contribution >= 0.6 is 0 Å². The van der Waals surface area contributed by atoms with Crippen molar-refractivity contribution in [2.45, 2.75) is 33.6 Å². The normalized spacial score (nSPS) is 15.6. The molecule has 1 aromatic rings. The van der Waals surface area contributed by atoms with Crippen LogP contribution in [0.15, 0.2) is 18.2 Å². The van der Waals surface area contributed by atoms with Crippen LogP contribution in [0.4, 0.5) is 10.5 Å². The van der Waals surface area contributed by atoms with Crippen molar-refractivity contribution in [2.75, 3.05) is 11.9 Å². The van der Waals surface area contributed by atoms with E-state index in [1.165, 1.54) is 12.1 Å². The minimum absolute atomic E-state index is 0.164. The minimum atomic E-state index is -1.00. The Bertz CT molecular complexity index is 563. The Morgan fingerprint density at radius 2 is 2.00 bits per heavy atom. The van der Waals surface area contributed by atoms with Crippen LogP contribution in [-0.4, -0.2) is 23.7 Å². The SMILES string of the molecule is Cc1ccc(C(=O)O)cc1NC(=O)NCC1(C(C)C)CC1. The van der Waals surface area contributed by atoms with E-state index in [1.54, 1.807) is 6.07 Å². The van der Waals surface area contributed by atoms with Crippen molar-refractivity contribution in [3.05, 3.63) is 29.3 Å². The molecule has 5 nitrogen and oxygen atoms in total. The Labute approximate surface area is 124 Å². The van der Waals surface area contributed by atoms with Crippen molar-refractivity contribution >= 4 is 17.7 Å². The molecule has 5 heteroatoms. The summed E-state index contributed by atoms with van der Waals surface area (Å²) in [5.41, 5.74) is 1.77. The fourth-order valence-electron chi connectivity index (χ4n) is 2.43. The molecule has 1 saturated carbocycles. The van der Waals surface area contributed by atoms with Crippen molar-refractivity contribution in [3.8, 4) is 0 Å². The summed E-state index contributed by atoms with van der Waals surface area (Å²) in [6, 6.07) is 4.41. The van der Waals surface area contributed by atoms with Gasteiger partial charge in [0, 0.05) is 12.2 Å². The Morgan fingerprint density at radius 3 is 2.52 bits per heavy atom. The second-order valence-corrected chi connectivity index (χ2v) is 6.16. The molecule has 0 unspecified atom stereocenters. The van der Waals surface area contributed by atoms with Gasteiger partial charge in [-0.25, -0.2) is 9.59 Å². The molecule has 1 fully saturated rings. The number of amides is 2. The van der Waals surface area contributed by atoms with Crippen LogP contribution in [0.5, 0.6) is 0 Å². The van der Waals surface area contributed by atoms with Gasteiger partial charge in [-0.2, -0.15) is 0 Å². The molecule has 21 heavy (non-hydrogen) atoms. The lowest BCUT2D eigenvalue weighted by atomic mass is 9.92. The summed E-state index contributed by atoms with van der Waals surface area (Å²) in [6.07, 6.45) is 2.30. The van der Waals surface area contributed by atoms with E-state index in [0.717, 1.165) is 18.4 Å². The van der Waals surface area contributed by atoms with Gasteiger partial charge in [0.1, 0.15) is 0 Å². The van der Waals surface area contributed by atoms with Crippen molar-refractivity contribution in [2.24, 2.45) is 11.3 Å². The number of hydrogen-bond donors (Lipinski definition) is 3. The van der Waals surface area contributed by atoms with Crippen molar-refractivity contribution in [1.29, 1.82) is 0 Å². The van der Waals surface area contributed by atoms with E-state index >= 15 is 0 Å². The first-order chi connectivity index (χ1) is 9.84. The highest BCUT2D eigenvalue weighted by atomic mass is 16.4. The second-order valence-electron chi connectivity index (χ2n) is 6.16. The lowest BCUT2D eigenvalue weighted by Gasteiger charge is -2.20. The Balaban J connectivity index is 1.96. The van der Waals surface area contributed by atoms with E-state index < -0.39 is 5.97 Å². The molecule has 0 heterocycles. The number of urea groups is 1. The molecule has 1 aromatic carbocycles. The number of anilines is 1. The predicted octanol–water partition coefficient (Wildman–Crippen LogP) is 3.25. The number of carboxylic acid groups (broad SMARTS) is 1. The fraction of sp³-hybridized carbons (Fsp3) is 0.500. The number of carbonyl (C=O) groups is 2. The van der Waals surface area contributed by atoms with Gasteiger partial charge in [0.25, 0.3) is 0 Å². The first-order valence-electron chi connectivity index (χ1n) is 7.23. The van der Waals surface area contributed by atoms with Crippen LogP contribution in [0.1, 0.15) is 42.6 Å². The molecular formula is C16H22N2O3. The maximum Gasteiger partial charge on any atom is 0.335 e. The summed E-state index contributed by atoms with van der Waals surface area (Å²) >= 11 is 0. The van der Waals surface area contributed by atoms with E-state index in [9.17, 15) is 9.59 Å². The third kappa shape index (κ3) is 3.54. The quantitative estimate of drug-likeness (QED) is 0.779. The second kappa shape index (κ2) is 5.76. The zero-order valence-electron chi connectivity index (χ0n) is 12.7. The number of aryl methyl sites for hydroxylation is 1. The molecule has 3 N–H and O–H groups in total. The average Bonchev–Trinajstić information content (AvgIpc) is 3.20. The summed E-state index contributed by atoms with van der Waals surface area (Å²) in [6.45, 7) is 6.84.